The third-order valence-electron chi connectivity index (χ3n) is 2.48. The maximum absolute atomic E-state index is 4.12. The van der Waals surface area contributed by atoms with Gasteiger partial charge in [0.1, 0.15) is 0 Å². The van der Waals surface area contributed by atoms with Gasteiger partial charge in [-0.3, -0.25) is 4.99 Å². The quantitative estimate of drug-likeness (QED) is 0.229. The Hall–Kier alpha value is -0.300. The normalized spacial score (nSPS) is 10.9. The molecule has 0 amide bonds. The van der Waals surface area contributed by atoms with E-state index in [0.717, 1.165) is 45.1 Å². The summed E-state index contributed by atoms with van der Waals surface area (Å²) in [4.78, 5) is 6.53. The molecule has 0 heterocycles. The highest BCUT2D eigenvalue weighted by Crippen LogP contribution is 1.89. The van der Waals surface area contributed by atoms with Crippen LogP contribution in [0.1, 0.15) is 20.3 Å². The van der Waals surface area contributed by atoms with Crippen LogP contribution in [0.2, 0.25) is 0 Å². The highest BCUT2D eigenvalue weighted by molar-refractivity contribution is 14.0. The Kier molecular flexibility index (Phi) is 15.4. The molecule has 5 heteroatoms. The summed E-state index contributed by atoms with van der Waals surface area (Å²) in [5, 5.41) is 6.41. The lowest BCUT2D eigenvalue weighted by atomic mass is 10.3. The Morgan fingerprint density at radius 1 is 1.29 bits per heavy atom. The molecule has 0 bridgehead atoms. The second-order valence-electron chi connectivity index (χ2n) is 3.55. The van der Waals surface area contributed by atoms with E-state index in [4.69, 9.17) is 0 Å². The predicted molar refractivity (Wildman–Crippen MR) is 87.4 cm³/mol. The number of nitrogens with zero attached hydrogens (tertiary/aromatic N) is 2. The smallest absolute Gasteiger partial charge is 0.191 e. The fraction of sp³-hybridized carbons (Fsp3) is 0.750. The van der Waals surface area contributed by atoms with Crippen molar-refractivity contribution in [2.45, 2.75) is 20.3 Å². The number of rotatable bonds is 8. The minimum atomic E-state index is 0. The van der Waals surface area contributed by atoms with Crippen molar-refractivity contribution >= 4 is 29.9 Å². The molecular weight excluding hydrogens is 327 g/mol. The van der Waals surface area contributed by atoms with Crippen LogP contribution in [0, 0.1) is 0 Å². The topological polar surface area (TPSA) is 39.7 Å². The van der Waals surface area contributed by atoms with Gasteiger partial charge < -0.3 is 15.5 Å². The number of guanidine groups is 1. The molecule has 0 spiro atoms. The molecule has 0 saturated carbocycles. The molecule has 0 unspecified atom stereocenters. The molecule has 0 aromatic rings. The van der Waals surface area contributed by atoms with E-state index in [1.54, 1.807) is 7.05 Å². The van der Waals surface area contributed by atoms with E-state index < -0.39 is 0 Å². The van der Waals surface area contributed by atoms with E-state index in [1.807, 2.05) is 6.08 Å². The van der Waals surface area contributed by atoms with Crippen molar-refractivity contribution in [2.24, 2.45) is 4.99 Å². The molecule has 17 heavy (non-hydrogen) atoms. The van der Waals surface area contributed by atoms with Crippen LogP contribution in [0.4, 0.5) is 0 Å². The van der Waals surface area contributed by atoms with Crippen LogP contribution in [0.25, 0.3) is 0 Å². The average molecular weight is 354 g/mol. The predicted octanol–water partition coefficient (Wildman–Crippen LogP) is 1.69. The summed E-state index contributed by atoms with van der Waals surface area (Å²) in [6.07, 6.45) is 2.96. The first-order valence-corrected chi connectivity index (χ1v) is 6.06. The van der Waals surface area contributed by atoms with Gasteiger partial charge in [-0.25, -0.2) is 0 Å². The molecule has 0 atom stereocenters. The second-order valence-corrected chi connectivity index (χ2v) is 3.55. The van der Waals surface area contributed by atoms with Crippen LogP contribution in [0.15, 0.2) is 17.6 Å². The standard InChI is InChI=1S/C12H26N4.HI/c1-5-9-14-12(13-4)15-10-8-11-16(6-2)7-3;/h5H,1,6-11H2,2-4H3,(H2,13,14,15);1H. The highest BCUT2D eigenvalue weighted by atomic mass is 127. The molecule has 2 N–H and O–H groups in total. The molecule has 102 valence electrons. The minimum absolute atomic E-state index is 0. The number of nitrogens with one attached hydrogen (secondary N) is 2. The summed E-state index contributed by atoms with van der Waals surface area (Å²) in [6, 6.07) is 0. The SMILES string of the molecule is C=CCNC(=NC)NCCCN(CC)CC.I. The summed E-state index contributed by atoms with van der Waals surface area (Å²) < 4.78 is 0. The van der Waals surface area contributed by atoms with Crippen LogP contribution in [-0.2, 0) is 0 Å². The maximum atomic E-state index is 4.12. The lowest BCUT2D eigenvalue weighted by Crippen LogP contribution is -2.38. The highest BCUT2D eigenvalue weighted by Gasteiger charge is 1.99. The number of aliphatic imine (C=N–C) groups is 1. The summed E-state index contributed by atoms with van der Waals surface area (Å²) in [5.74, 6) is 0.847. The first-order valence-electron chi connectivity index (χ1n) is 6.06. The van der Waals surface area contributed by atoms with Gasteiger partial charge in [0, 0.05) is 20.1 Å². The van der Waals surface area contributed by atoms with Crippen molar-refractivity contribution in [1.29, 1.82) is 0 Å². The lowest BCUT2D eigenvalue weighted by molar-refractivity contribution is 0.300. The van der Waals surface area contributed by atoms with Crippen molar-refractivity contribution in [3.8, 4) is 0 Å². The first-order chi connectivity index (χ1) is 7.78. The summed E-state index contributed by atoms with van der Waals surface area (Å²) in [6.45, 7) is 13.1. The average Bonchev–Trinajstić information content (AvgIpc) is 2.33. The van der Waals surface area contributed by atoms with Gasteiger partial charge in [-0.05, 0) is 26.1 Å². The van der Waals surface area contributed by atoms with E-state index >= 15 is 0 Å². The molecule has 4 nitrogen and oxygen atoms in total. The fourth-order valence-electron chi connectivity index (χ4n) is 1.44. The zero-order valence-corrected chi connectivity index (χ0v) is 13.7. The fourth-order valence-corrected chi connectivity index (χ4v) is 1.44. The lowest BCUT2D eigenvalue weighted by Gasteiger charge is -2.18. The van der Waals surface area contributed by atoms with Gasteiger partial charge in [-0.15, -0.1) is 30.6 Å². The van der Waals surface area contributed by atoms with Crippen molar-refractivity contribution in [2.75, 3.05) is 39.8 Å². The Labute approximate surface area is 123 Å². The molecule has 0 fully saturated rings. The molecule has 0 aliphatic carbocycles. The van der Waals surface area contributed by atoms with Gasteiger partial charge in [0.25, 0.3) is 0 Å². The van der Waals surface area contributed by atoms with Crippen LogP contribution >= 0.6 is 24.0 Å². The molecule has 0 saturated heterocycles. The van der Waals surface area contributed by atoms with E-state index in [9.17, 15) is 0 Å². The Balaban J connectivity index is 0. The monoisotopic (exact) mass is 354 g/mol. The molecule has 0 aliphatic heterocycles. The Morgan fingerprint density at radius 3 is 2.41 bits per heavy atom. The molecule has 0 aromatic heterocycles. The van der Waals surface area contributed by atoms with Crippen molar-refractivity contribution < 1.29 is 0 Å². The van der Waals surface area contributed by atoms with Crippen molar-refractivity contribution in [3.05, 3.63) is 12.7 Å². The number of halogens is 1. The van der Waals surface area contributed by atoms with Crippen LogP contribution < -0.4 is 10.6 Å². The van der Waals surface area contributed by atoms with Gasteiger partial charge in [0.2, 0.25) is 0 Å². The first kappa shape index (κ1) is 19.0. The van der Waals surface area contributed by atoms with Crippen molar-refractivity contribution in [3.63, 3.8) is 0 Å². The van der Waals surface area contributed by atoms with Gasteiger partial charge in [0.05, 0.1) is 0 Å². The molecule has 0 radical (unpaired) electrons. The van der Waals surface area contributed by atoms with Gasteiger partial charge >= 0.3 is 0 Å². The number of hydrogen-bond acceptors (Lipinski definition) is 2. The van der Waals surface area contributed by atoms with E-state index in [-0.39, 0.29) is 24.0 Å². The minimum Gasteiger partial charge on any atom is -0.356 e. The van der Waals surface area contributed by atoms with Gasteiger partial charge in [0.15, 0.2) is 5.96 Å². The Morgan fingerprint density at radius 2 is 1.94 bits per heavy atom. The van der Waals surface area contributed by atoms with Crippen LogP contribution in [-0.4, -0.2) is 50.6 Å². The van der Waals surface area contributed by atoms with E-state index in [1.165, 1.54) is 0 Å². The molecule has 0 rings (SSSR count). The molecule has 0 aromatic carbocycles. The maximum Gasteiger partial charge on any atom is 0.191 e. The van der Waals surface area contributed by atoms with E-state index in [0.29, 0.717) is 0 Å². The third-order valence-corrected chi connectivity index (χ3v) is 2.48. The van der Waals surface area contributed by atoms with Gasteiger partial charge in [-0.2, -0.15) is 0 Å². The Bertz CT molecular complexity index is 203. The van der Waals surface area contributed by atoms with Crippen molar-refractivity contribution in [1.82, 2.24) is 15.5 Å². The zero-order valence-electron chi connectivity index (χ0n) is 11.3. The summed E-state index contributed by atoms with van der Waals surface area (Å²) >= 11 is 0. The van der Waals surface area contributed by atoms with Crippen LogP contribution in [0.5, 0.6) is 0 Å². The molecular formula is C12H27IN4. The van der Waals surface area contributed by atoms with E-state index in [2.05, 4.69) is 41.0 Å². The summed E-state index contributed by atoms with van der Waals surface area (Å²) in [5.41, 5.74) is 0. The van der Waals surface area contributed by atoms with Crippen LogP contribution in [0.3, 0.4) is 0 Å². The largest absolute Gasteiger partial charge is 0.356 e. The third kappa shape index (κ3) is 10.6. The number of hydrogen-bond donors (Lipinski definition) is 2. The van der Waals surface area contributed by atoms with Gasteiger partial charge in [-0.1, -0.05) is 19.9 Å². The second kappa shape index (κ2) is 13.8. The zero-order chi connectivity index (χ0) is 12.2. The summed E-state index contributed by atoms with van der Waals surface area (Å²) in [7, 11) is 1.78. The molecule has 0 aliphatic rings.